The maximum absolute atomic E-state index is 12.9. The van der Waals surface area contributed by atoms with Crippen molar-refractivity contribution in [1.82, 2.24) is 10.2 Å². The number of β-amino-alcohol motifs (C(OH)–C–C–N with tert-alkyl or cyclic N) is 1. The first-order valence-electron chi connectivity index (χ1n) is 14.7. The number of hydrogen-bond donors (Lipinski definition) is 8. The van der Waals surface area contributed by atoms with E-state index in [1.54, 1.807) is 31.0 Å². The molecule has 262 valence electrons. The summed E-state index contributed by atoms with van der Waals surface area (Å²) >= 11 is 0. The van der Waals surface area contributed by atoms with Gasteiger partial charge in [0.25, 0.3) is 0 Å². The molecule has 3 aliphatic heterocycles. The highest BCUT2D eigenvalue weighted by atomic mass is 16.8. The van der Waals surface area contributed by atoms with Gasteiger partial charge in [0.05, 0.1) is 62.0 Å². The van der Waals surface area contributed by atoms with Crippen LogP contribution in [0.25, 0.3) is 0 Å². The SMILES string of the molecule is C=CC1C(OC2OC(CO)C(O)C(O)(O)C2OC(C)C)OC=C(C(=O)OC)C1C=CC1=CN(CCO)CC(C(=O)O)=C1NC(N)=NC. The number of aliphatic hydroxyl groups is 5. The third kappa shape index (κ3) is 8.57. The summed E-state index contributed by atoms with van der Waals surface area (Å²) in [6, 6.07) is 0. The zero-order valence-electron chi connectivity index (χ0n) is 26.6. The minimum absolute atomic E-state index is 0.0329. The van der Waals surface area contributed by atoms with E-state index in [0.29, 0.717) is 5.57 Å². The van der Waals surface area contributed by atoms with Gasteiger partial charge in [-0.2, -0.15) is 0 Å². The Bertz CT molecular complexity index is 1310. The standard InChI is InChI=1S/C30H44N4O13/c1-6-17-18(8-7-16-11-34(9-10-35)12-19(25(38)39)22(16)33-29(31)32-4)20(26(40)43-5)14-44-27(17)47-28-24(45-15(2)3)30(41,42)23(37)21(13-36)46-28/h6-8,11,14-15,17-18,21,23-24,27-28,35-37,41-42H,1,9-10,12-13H2,2-5H3,(H,38,39)(H3,31,32,33). The van der Waals surface area contributed by atoms with Crippen LogP contribution in [0.15, 0.2) is 64.7 Å². The number of carboxylic acids is 1. The van der Waals surface area contributed by atoms with Crippen LogP contribution in [0.2, 0.25) is 0 Å². The molecule has 3 aliphatic rings. The number of nitrogens with zero attached hydrogens (tertiary/aromatic N) is 2. The molecule has 1 fully saturated rings. The van der Waals surface area contributed by atoms with Gasteiger partial charge in [0.2, 0.25) is 12.1 Å². The van der Waals surface area contributed by atoms with Gasteiger partial charge >= 0.3 is 11.9 Å². The molecule has 1 saturated heterocycles. The monoisotopic (exact) mass is 668 g/mol. The lowest BCUT2D eigenvalue weighted by Gasteiger charge is -2.48. The number of carboxylic acid groups (broad SMARTS) is 1. The molecule has 7 atom stereocenters. The van der Waals surface area contributed by atoms with E-state index in [1.807, 2.05) is 0 Å². The minimum atomic E-state index is -2.90. The number of nitrogens with one attached hydrogen (secondary N) is 1. The lowest BCUT2D eigenvalue weighted by atomic mass is 9.83. The number of esters is 1. The molecule has 0 aromatic carbocycles. The third-order valence-electron chi connectivity index (χ3n) is 7.64. The molecule has 17 nitrogen and oxygen atoms in total. The quantitative estimate of drug-likeness (QED) is 0.0347. The fourth-order valence-corrected chi connectivity index (χ4v) is 5.27. The second-order valence-electron chi connectivity index (χ2n) is 11.1. The lowest BCUT2D eigenvalue weighted by molar-refractivity contribution is -0.413. The molecule has 3 heterocycles. The van der Waals surface area contributed by atoms with E-state index in [9.17, 15) is 40.2 Å². The fourth-order valence-electron chi connectivity index (χ4n) is 5.27. The Morgan fingerprint density at radius 2 is 2.00 bits per heavy atom. The highest BCUT2D eigenvalue weighted by Gasteiger charge is 2.57. The van der Waals surface area contributed by atoms with Crippen LogP contribution in [0.3, 0.4) is 0 Å². The van der Waals surface area contributed by atoms with Crippen molar-refractivity contribution in [3.05, 3.63) is 59.7 Å². The van der Waals surface area contributed by atoms with Crippen molar-refractivity contribution in [2.75, 3.05) is 40.5 Å². The number of rotatable bonds is 13. The van der Waals surface area contributed by atoms with Crippen LogP contribution in [0, 0.1) is 11.8 Å². The van der Waals surface area contributed by atoms with E-state index < -0.39 is 73.2 Å². The van der Waals surface area contributed by atoms with Crippen molar-refractivity contribution >= 4 is 17.9 Å². The molecule has 17 heteroatoms. The average molecular weight is 669 g/mol. The van der Waals surface area contributed by atoms with Crippen LogP contribution in [0.5, 0.6) is 0 Å². The van der Waals surface area contributed by atoms with E-state index in [-0.39, 0.29) is 42.5 Å². The molecular weight excluding hydrogens is 624 g/mol. The Kier molecular flexibility index (Phi) is 13.1. The summed E-state index contributed by atoms with van der Waals surface area (Å²) in [6.07, 6.45) is -1.34. The zero-order chi connectivity index (χ0) is 35.1. The van der Waals surface area contributed by atoms with Gasteiger partial charge < -0.3 is 70.3 Å². The summed E-state index contributed by atoms with van der Waals surface area (Å²) < 4.78 is 28.1. The van der Waals surface area contributed by atoms with E-state index in [0.717, 1.165) is 6.26 Å². The van der Waals surface area contributed by atoms with Crippen LogP contribution < -0.4 is 11.1 Å². The topological polar surface area (TPSA) is 255 Å². The second kappa shape index (κ2) is 16.3. The van der Waals surface area contributed by atoms with Crippen molar-refractivity contribution in [2.45, 2.75) is 56.6 Å². The Morgan fingerprint density at radius 1 is 1.30 bits per heavy atom. The van der Waals surface area contributed by atoms with Gasteiger partial charge in [-0.25, -0.2) is 9.59 Å². The van der Waals surface area contributed by atoms with Crippen molar-refractivity contribution in [3.8, 4) is 0 Å². The number of carbonyl (C=O) groups is 2. The number of guanidine groups is 1. The van der Waals surface area contributed by atoms with Gasteiger partial charge in [-0.05, 0) is 13.8 Å². The highest BCUT2D eigenvalue weighted by Crippen LogP contribution is 2.38. The molecule has 0 spiro atoms. The van der Waals surface area contributed by atoms with E-state index >= 15 is 0 Å². The van der Waals surface area contributed by atoms with Gasteiger partial charge in [-0.1, -0.05) is 18.2 Å². The average Bonchev–Trinajstić information content (AvgIpc) is 3.03. The molecular formula is C30H44N4O13. The number of methoxy groups -OCH3 is 1. The van der Waals surface area contributed by atoms with Crippen molar-refractivity contribution < 1.29 is 63.9 Å². The fraction of sp³-hybridized carbons (Fsp3) is 0.567. The summed E-state index contributed by atoms with van der Waals surface area (Å²) in [4.78, 5) is 30.5. The second-order valence-corrected chi connectivity index (χ2v) is 11.1. The first-order chi connectivity index (χ1) is 22.2. The summed E-state index contributed by atoms with van der Waals surface area (Å²) in [5.74, 6) is -6.74. The normalized spacial score (nSPS) is 29.7. The molecule has 0 amide bonds. The highest BCUT2D eigenvalue weighted by molar-refractivity contribution is 5.92. The van der Waals surface area contributed by atoms with Gasteiger partial charge in [-0.3, -0.25) is 4.99 Å². The molecule has 0 radical (unpaired) electrons. The molecule has 3 rings (SSSR count). The van der Waals surface area contributed by atoms with E-state index in [2.05, 4.69) is 16.9 Å². The molecule has 7 unspecified atom stereocenters. The maximum atomic E-state index is 12.9. The van der Waals surface area contributed by atoms with Crippen LogP contribution in [-0.4, -0.2) is 137 Å². The number of ether oxygens (including phenoxy) is 5. The van der Waals surface area contributed by atoms with Crippen LogP contribution in [0.1, 0.15) is 13.8 Å². The molecule has 9 N–H and O–H groups in total. The summed E-state index contributed by atoms with van der Waals surface area (Å²) in [5, 5.41) is 64.1. The van der Waals surface area contributed by atoms with Gasteiger partial charge in [0.15, 0.2) is 18.4 Å². The maximum Gasteiger partial charge on any atom is 0.337 e. The van der Waals surface area contributed by atoms with Gasteiger partial charge in [0, 0.05) is 31.3 Å². The number of carbonyl (C=O) groups excluding carboxylic acids is 1. The molecule has 0 aromatic heterocycles. The number of aliphatic hydroxyl groups excluding tert-OH is 3. The first kappa shape index (κ1) is 37.6. The Balaban J connectivity index is 2.06. The number of allylic oxidation sites excluding steroid dienone is 2. The smallest absolute Gasteiger partial charge is 0.337 e. The predicted molar refractivity (Wildman–Crippen MR) is 163 cm³/mol. The zero-order valence-corrected chi connectivity index (χ0v) is 26.6. The van der Waals surface area contributed by atoms with E-state index in [1.165, 1.54) is 26.3 Å². The first-order valence-corrected chi connectivity index (χ1v) is 14.7. The van der Waals surface area contributed by atoms with Crippen molar-refractivity contribution in [2.24, 2.45) is 22.6 Å². The Hall–Kier alpha value is -3.81. The minimum Gasteiger partial charge on any atom is -0.478 e. The van der Waals surface area contributed by atoms with Gasteiger partial charge in [-0.15, -0.1) is 6.58 Å². The molecule has 0 aromatic rings. The number of hydrogen-bond acceptors (Lipinski definition) is 14. The van der Waals surface area contributed by atoms with Crippen molar-refractivity contribution in [1.29, 1.82) is 0 Å². The lowest BCUT2D eigenvalue weighted by Crippen LogP contribution is -2.69. The van der Waals surface area contributed by atoms with Crippen molar-refractivity contribution in [3.63, 3.8) is 0 Å². The largest absolute Gasteiger partial charge is 0.478 e. The molecule has 0 bridgehead atoms. The summed E-state index contributed by atoms with van der Waals surface area (Å²) in [5.41, 5.74) is 6.30. The summed E-state index contributed by atoms with van der Waals surface area (Å²) in [7, 11) is 2.59. The number of nitrogens with two attached hydrogens (primary N) is 1. The van der Waals surface area contributed by atoms with Gasteiger partial charge in [0.1, 0.15) is 12.2 Å². The summed E-state index contributed by atoms with van der Waals surface area (Å²) in [6.45, 7) is 6.12. The molecule has 0 aliphatic carbocycles. The van der Waals surface area contributed by atoms with Crippen LogP contribution in [-0.2, 0) is 33.3 Å². The number of aliphatic carboxylic acids is 1. The Morgan fingerprint density at radius 3 is 2.55 bits per heavy atom. The Labute approximate surface area is 271 Å². The molecule has 47 heavy (non-hydrogen) atoms. The predicted octanol–water partition coefficient (Wildman–Crippen LogP) is -1.99. The van der Waals surface area contributed by atoms with Crippen LogP contribution in [0.4, 0.5) is 0 Å². The third-order valence-corrected chi connectivity index (χ3v) is 7.64. The number of aliphatic imine (C=N–C) groups is 1. The van der Waals surface area contributed by atoms with E-state index in [4.69, 9.17) is 29.4 Å². The van der Waals surface area contributed by atoms with Crippen LogP contribution >= 0.6 is 0 Å². The molecule has 0 saturated carbocycles.